The van der Waals surface area contributed by atoms with Crippen molar-refractivity contribution in [1.29, 1.82) is 0 Å². The Balaban J connectivity index is 1.55. The molecule has 0 N–H and O–H groups in total. The number of carbonyl (C=O) groups excluding carboxylic acids is 1. The fourth-order valence-corrected chi connectivity index (χ4v) is 6.44. The van der Waals surface area contributed by atoms with E-state index in [1.165, 1.54) is 15.6 Å². The van der Waals surface area contributed by atoms with Gasteiger partial charge in [-0.15, -0.1) is 0 Å². The minimum atomic E-state index is -0.259. The van der Waals surface area contributed by atoms with Gasteiger partial charge in [-0.05, 0) is 0 Å². The average Bonchev–Trinajstić information content (AvgIpc) is 2.70. The molecule has 1 fully saturated rings. The standard InChI is InChI=1S/C23H21NOSe/c25-22-23(16-19-10-4-1-5-11-19,26-21-14-8-3-9-15-21)18-24(22)17-20-12-6-2-7-13-20/h1-15H,16-18H2/t23-/m1/s1. The molecule has 0 spiro atoms. The maximum atomic E-state index is 13.2. The van der Waals surface area contributed by atoms with Crippen LogP contribution in [0.2, 0.25) is 4.31 Å². The Kier molecular flexibility index (Phi) is 4.92. The van der Waals surface area contributed by atoms with Crippen LogP contribution >= 0.6 is 0 Å². The van der Waals surface area contributed by atoms with E-state index < -0.39 is 0 Å². The predicted octanol–water partition coefficient (Wildman–Crippen LogP) is 3.46. The summed E-state index contributed by atoms with van der Waals surface area (Å²) in [5.74, 6) is 0.300. The molecule has 2 nitrogen and oxygen atoms in total. The van der Waals surface area contributed by atoms with E-state index in [4.69, 9.17) is 0 Å². The quantitative estimate of drug-likeness (QED) is 0.454. The first-order valence-corrected chi connectivity index (χ1v) is 10.6. The Morgan fingerprint density at radius 2 is 1.31 bits per heavy atom. The molecule has 130 valence electrons. The van der Waals surface area contributed by atoms with Crippen LogP contribution in [-0.2, 0) is 17.8 Å². The molecule has 0 saturated carbocycles. The van der Waals surface area contributed by atoms with Gasteiger partial charge in [-0.25, -0.2) is 0 Å². The first-order valence-electron chi connectivity index (χ1n) is 8.86. The molecule has 0 aliphatic carbocycles. The summed E-state index contributed by atoms with van der Waals surface area (Å²) in [5.41, 5.74) is 2.44. The molecule has 1 aliphatic heterocycles. The number of benzene rings is 3. The summed E-state index contributed by atoms with van der Waals surface area (Å²) in [6.45, 7) is 1.55. The summed E-state index contributed by atoms with van der Waals surface area (Å²) in [4.78, 5) is 15.2. The van der Waals surface area contributed by atoms with Crippen molar-refractivity contribution in [3.8, 4) is 0 Å². The summed E-state index contributed by atoms with van der Waals surface area (Å²) in [6, 6.07) is 31.2. The van der Waals surface area contributed by atoms with E-state index in [9.17, 15) is 4.79 Å². The van der Waals surface area contributed by atoms with Gasteiger partial charge < -0.3 is 0 Å². The topological polar surface area (TPSA) is 20.3 Å². The van der Waals surface area contributed by atoms with Crippen molar-refractivity contribution in [2.75, 3.05) is 6.54 Å². The Morgan fingerprint density at radius 3 is 1.88 bits per heavy atom. The van der Waals surface area contributed by atoms with E-state index in [0.717, 1.165) is 13.0 Å². The molecule has 4 rings (SSSR count). The summed E-state index contributed by atoms with van der Waals surface area (Å²) < 4.78 is 1.04. The number of amides is 1. The van der Waals surface area contributed by atoms with Gasteiger partial charge in [0.15, 0.2) is 0 Å². The molecule has 1 atom stereocenters. The van der Waals surface area contributed by atoms with Crippen LogP contribution in [0.15, 0.2) is 91.0 Å². The van der Waals surface area contributed by atoms with Gasteiger partial charge in [0.2, 0.25) is 0 Å². The maximum absolute atomic E-state index is 13.2. The summed E-state index contributed by atoms with van der Waals surface area (Å²) in [7, 11) is 0. The van der Waals surface area contributed by atoms with Gasteiger partial charge in [0.1, 0.15) is 0 Å². The summed E-state index contributed by atoms with van der Waals surface area (Å²) >= 11 is 0.119. The van der Waals surface area contributed by atoms with E-state index >= 15 is 0 Å². The molecular formula is C23H21NOSe. The number of hydrogen-bond donors (Lipinski definition) is 0. The first-order chi connectivity index (χ1) is 12.8. The van der Waals surface area contributed by atoms with Crippen LogP contribution in [0.4, 0.5) is 0 Å². The Bertz CT molecular complexity index is 823. The van der Waals surface area contributed by atoms with Crippen LogP contribution in [0.1, 0.15) is 11.1 Å². The van der Waals surface area contributed by atoms with Gasteiger partial charge in [0.25, 0.3) is 0 Å². The molecule has 1 aliphatic rings. The van der Waals surface area contributed by atoms with Crippen molar-refractivity contribution in [2.24, 2.45) is 0 Å². The number of β-lactam (4-membered cyclic amide) rings is 1. The Morgan fingerprint density at radius 1 is 0.769 bits per heavy atom. The van der Waals surface area contributed by atoms with E-state index in [1.54, 1.807) is 0 Å². The average molecular weight is 406 g/mol. The van der Waals surface area contributed by atoms with Crippen molar-refractivity contribution in [1.82, 2.24) is 4.90 Å². The van der Waals surface area contributed by atoms with Crippen molar-refractivity contribution in [3.63, 3.8) is 0 Å². The molecule has 0 bridgehead atoms. The van der Waals surface area contributed by atoms with Crippen molar-refractivity contribution in [3.05, 3.63) is 102 Å². The van der Waals surface area contributed by atoms with Crippen molar-refractivity contribution >= 4 is 25.3 Å². The zero-order valence-electron chi connectivity index (χ0n) is 14.5. The molecule has 0 aromatic heterocycles. The zero-order chi connectivity index (χ0) is 17.8. The molecule has 1 saturated heterocycles. The molecule has 3 aromatic rings. The fraction of sp³-hybridized carbons (Fsp3) is 0.174. The second kappa shape index (κ2) is 7.49. The Hall–Kier alpha value is -2.35. The normalized spacial score (nSPS) is 19.2. The van der Waals surface area contributed by atoms with E-state index in [0.29, 0.717) is 12.5 Å². The fourth-order valence-electron chi connectivity index (χ4n) is 3.46. The molecule has 3 aromatic carbocycles. The van der Waals surface area contributed by atoms with Crippen molar-refractivity contribution in [2.45, 2.75) is 17.3 Å². The van der Waals surface area contributed by atoms with Gasteiger partial charge in [0, 0.05) is 0 Å². The molecule has 0 unspecified atom stereocenters. The Labute approximate surface area is 161 Å². The van der Waals surface area contributed by atoms with Crippen molar-refractivity contribution < 1.29 is 4.79 Å². The predicted molar refractivity (Wildman–Crippen MR) is 107 cm³/mol. The molecule has 1 amide bonds. The number of carbonyl (C=O) groups is 1. The molecule has 0 radical (unpaired) electrons. The first kappa shape index (κ1) is 17.1. The van der Waals surface area contributed by atoms with E-state index in [2.05, 4.69) is 60.7 Å². The summed E-state index contributed by atoms with van der Waals surface area (Å²) in [5, 5.41) is 0. The number of likely N-dealkylation sites (tertiary alicyclic amines) is 1. The van der Waals surface area contributed by atoms with Gasteiger partial charge in [0.05, 0.1) is 0 Å². The van der Waals surface area contributed by atoms with Gasteiger partial charge in [-0.1, -0.05) is 0 Å². The van der Waals surface area contributed by atoms with Gasteiger partial charge in [-0.2, -0.15) is 0 Å². The molecule has 26 heavy (non-hydrogen) atoms. The number of hydrogen-bond acceptors (Lipinski definition) is 1. The van der Waals surface area contributed by atoms with E-state index in [1.807, 2.05) is 35.2 Å². The third kappa shape index (κ3) is 3.60. The van der Waals surface area contributed by atoms with Crippen LogP contribution in [-0.4, -0.2) is 32.3 Å². The van der Waals surface area contributed by atoms with Crippen LogP contribution in [0.25, 0.3) is 0 Å². The number of nitrogens with zero attached hydrogens (tertiary/aromatic N) is 1. The third-order valence-corrected chi connectivity index (χ3v) is 7.55. The second-order valence-electron chi connectivity index (χ2n) is 6.72. The monoisotopic (exact) mass is 407 g/mol. The van der Waals surface area contributed by atoms with Crippen LogP contribution in [0.3, 0.4) is 0 Å². The van der Waals surface area contributed by atoms with Crippen LogP contribution < -0.4 is 4.46 Å². The second-order valence-corrected chi connectivity index (χ2v) is 9.78. The van der Waals surface area contributed by atoms with Crippen LogP contribution in [0.5, 0.6) is 0 Å². The third-order valence-electron chi connectivity index (χ3n) is 4.73. The zero-order valence-corrected chi connectivity index (χ0v) is 16.3. The van der Waals surface area contributed by atoms with Gasteiger partial charge >= 0.3 is 161 Å². The number of rotatable bonds is 6. The SMILES string of the molecule is O=C1N(Cc2ccccc2)C[C@@]1(Cc1ccccc1)[Se]c1ccccc1. The molecule has 3 heteroatoms. The summed E-state index contributed by atoms with van der Waals surface area (Å²) in [6.07, 6.45) is 0.826. The molecule has 1 heterocycles. The molecular weight excluding hydrogens is 385 g/mol. The van der Waals surface area contributed by atoms with E-state index in [-0.39, 0.29) is 19.3 Å². The van der Waals surface area contributed by atoms with Gasteiger partial charge in [-0.3, -0.25) is 0 Å². The van der Waals surface area contributed by atoms with Crippen LogP contribution in [0, 0.1) is 0 Å². The minimum absolute atomic E-state index is 0.119.